The van der Waals surface area contributed by atoms with E-state index in [4.69, 9.17) is 14.2 Å². The van der Waals surface area contributed by atoms with Gasteiger partial charge in [-0.3, -0.25) is 53.1 Å². The molecule has 0 spiro atoms. The fourth-order valence-corrected chi connectivity index (χ4v) is 6.93. The Morgan fingerprint density at radius 3 is 1.96 bits per heavy atom. The maximum Gasteiger partial charge on any atom is 0.317 e. The Balaban J connectivity index is 1.91. The molecule has 0 aliphatic heterocycles. The van der Waals surface area contributed by atoms with Crippen molar-refractivity contribution in [1.29, 1.82) is 0 Å². The number of ether oxygens (including phenoxy) is 3. The Hall–Kier alpha value is -5.44. The van der Waals surface area contributed by atoms with Gasteiger partial charge in [0.25, 0.3) is 25.0 Å². The number of aromatic amines is 1. The van der Waals surface area contributed by atoms with Gasteiger partial charge in [-0.2, -0.15) is 0 Å². The number of aromatic nitrogens is 1. The number of anilines is 1. The summed E-state index contributed by atoms with van der Waals surface area (Å²) in [6.45, 7) is 3.58. The van der Waals surface area contributed by atoms with Crippen LogP contribution in [0.25, 0.3) is 10.9 Å². The molecule has 1 fully saturated rings. The molecule has 308 valence electrons. The number of likely N-dealkylation sites (N-methyl/N-ethyl adjacent to an activating group) is 1. The SMILES string of the molecule is CCNC(=O)Cc1c(C)c2ccc(NC(=O)CN(CCN(CC(=O)O)CC(=O)O)[C@H]3CCCC[C@@H]3N(CCN(COC=O)COC=O)COC=O)cc2[nH]c1=O. The number of rotatable bonds is 27. The summed E-state index contributed by atoms with van der Waals surface area (Å²) in [6.07, 6.45) is 2.71. The number of H-pyrrole nitrogens is 1. The summed E-state index contributed by atoms with van der Waals surface area (Å²) < 4.78 is 14.9. The van der Waals surface area contributed by atoms with Gasteiger partial charge in [0.15, 0.2) is 0 Å². The molecule has 20 heteroatoms. The van der Waals surface area contributed by atoms with Gasteiger partial charge >= 0.3 is 11.9 Å². The number of hydrogen-bond donors (Lipinski definition) is 5. The number of benzene rings is 1. The van der Waals surface area contributed by atoms with Crippen molar-refractivity contribution < 1.29 is 58.0 Å². The largest absolute Gasteiger partial charge is 0.480 e. The van der Waals surface area contributed by atoms with Crippen molar-refractivity contribution in [2.75, 3.05) is 77.9 Å². The summed E-state index contributed by atoms with van der Waals surface area (Å²) in [7, 11) is 0. The summed E-state index contributed by atoms with van der Waals surface area (Å²) >= 11 is 0. The smallest absolute Gasteiger partial charge is 0.317 e. The summed E-state index contributed by atoms with van der Waals surface area (Å²) in [5.41, 5.74) is 1.37. The number of aliphatic carboxylic acids is 2. The second-order valence-corrected chi connectivity index (χ2v) is 13.3. The van der Waals surface area contributed by atoms with E-state index in [2.05, 4.69) is 15.6 Å². The van der Waals surface area contributed by atoms with Gasteiger partial charge in [-0.25, -0.2) is 4.90 Å². The van der Waals surface area contributed by atoms with Gasteiger partial charge in [-0.15, -0.1) is 0 Å². The molecule has 56 heavy (non-hydrogen) atoms. The van der Waals surface area contributed by atoms with Crippen LogP contribution in [0.15, 0.2) is 23.0 Å². The van der Waals surface area contributed by atoms with Crippen LogP contribution in [0.4, 0.5) is 5.69 Å². The fraction of sp³-hybridized carbons (Fsp3) is 0.556. The number of amides is 2. The molecule has 0 unspecified atom stereocenters. The van der Waals surface area contributed by atoms with E-state index in [1.54, 1.807) is 32.0 Å². The van der Waals surface area contributed by atoms with Crippen molar-refractivity contribution in [2.45, 2.75) is 58.0 Å². The van der Waals surface area contributed by atoms with Crippen molar-refractivity contribution in [3.8, 4) is 0 Å². The van der Waals surface area contributed by atoms with E-state index in [-0.39, 0.29) is 90.3 Å². The number of carboxylic acid groups (broad SMARTS) is 2. The van der Waals surface area contributed by atoms with Gasteiger partial charge in [0.2, 0.25) is 11.8 Å². The predicted octanol–water partition coefficient (Wildman–Crippen LogP) is -0.466. The van der Waals surface area contributed by atoms with Crippen molar-refractivity contribution in [2.24, 2.45) is 0 Å². The standard InChI is InChI=1S/C36H51N7O13/c1-3-37-32(47)15-28-25(2)27-9-8-26(14-29(27)39-36(28)53)38-33(48)16-42(12-10-40(17-34(49)50)18-35(51)52)30-6-4-5-7-31(30)43(21-56-24-46)13-11-41(19-54-22-44)20-55-23-45/h8-9,14,22-24,30-31H,3-7,10-13,15-21H2,1-2H3,(H,37,47)(H,38,48)(H,39,53)(H,49,50)(H,51,52)/t30-,31-/m0/s1. The molecule has 2 atom stereocenters. The van der Waals surface area contributed by atoms with Gasteiger partial charge in [0.05, 0.1) is 31.6 Å². The highest BCUT2D eigenvalue weighted by Crippen LogP contribution is 2.28. The summed E-state index contributed by atoms with van der Waals surface area (Å²) in [4.78, 5) is 104. The quantitative estimate of drug-likeness (QED) is 0.0436. The first-order chi connectivity index (χ1) is 26.9. The van der Waals surface area contributed by atoms with E-state index in [0.29, 0.717) is 53.6 Å². The Bertz CT molecular complexity index is 1690. The van der Waals surface area contributed by atoms with Crippen LogP contribution < -0.4 is 16.2 Å². The van der Waals surface area contributed by atoms with Crippen molar-refractivity contribution in [1.82, 2.24) is 29.9 Å². The Morgan fingerprint density at radius 1 is 0.804 bits per heavy atom. The number of carbonyl (C=O) groups is 7. The average molecular weight is 790 g/mol. The molecular formula is C36H51N7O13. The number of carbonyl (C=O) groups excluding carboxylic acids is 5. The van der Waals surface area contributed by atoms with Gasteiger partial charge in [-0.1, -0.05) is 18.9 Å². The van der Waals surface area contributed by atoms with E-state index >= 15 is 0 Å². The molecule has 2 amide bonds. The van der Waals surface area contributed by atoms with Crippen LogP contribution in [0.3, 0.4) is 0 Å². The average Bonchev–Trinajstić information content (AvgIpc) is 3.15. The van der Waals surface area contributed by atoms with Crippen LogP contribution in [-0.2, 0) is 54.2 Å². The molecule has 0 bridgehead atoms. The Kier molecular flexibility index (Phi) is 18.8. The van der Waals surface area contributed by atoms with Gasteiger partial charge in [0, 0.05) is 61.4 Å². The minimum atomic E-state index is -1.22. The molecule has 20 nitrogen and oxygen atoms in total. The summed E-state index contributed by atoms with van der Waals surface area (Å²) in [5.74, 6) is -3.16. The van der Waals surface area contributed by atoms with Crippen molar-refractivity contribution >= 4 is 59.8 Å². The highest BCUT2D eigenvalue weighted by molar-refractivity contribution is 5.95. The zero-order valence-corrected chi connectivity index (χ0v) is 31.6. The Morgan fingerprint density at radius 2 is 1.38 bits per heavy atom. The number of fused-ring (bicyclic) bond motifs is 1. The van der Waals surface area contributed by atoms with Crippen molar-refractivity contribution in [3.63, 3.8) is 0 Å². The lowest BCUT2D eigenvalue weighted by atomic mass is 9.88. The number of carboxylic acids is 2. The van der Waals surface area contributed by atoms with E-state index < -0.39 is 36.5 Å². The van der Waals surface area contributed by atoms with Gasteiger partial charge in [-0.05, 0) is 44.4 Å². The fourth-order valence-electron chi connectivity index (χ4n) is 6.93. The predicted molar refractivity (Wildman–Crippen MR) is 199 cm³/mol. The molecule has 1 aliphatic rings. The molecule has 1 heterocycles. The van der Waals surface area contributed by atoms with E-state index in [0.717, 1.165) is 12.8 Å². The zero-order chi connectivity index (χ0) is 41.0. The lowest BCUT2D eigenvalue weighted by Crippen LogP contribution is -2.57. The molecule has 0 saturated heterocycles. The first-order valence-electron chi connectivity index (χ1n) is 18.1. The number of nitrogens with zero attached hydrogens (tertiary/aromatic N) is 4. The second-order valence-electron chi connectivity index (χ2n) is 13.3. The number of pyridine rings is 1. The molecule has 1 aromatic heterocycles. The first kappa shape index (κ1) is 45.0. The molecule has 1 aromatic carbocycles. The number of aryl methyl sites for hydroxylation is 1. The van der Waals surface area contributed by atoms with Gasteiger partial charge in [0.1, 0.15) is 20.2 Å². The van der Waals surface area contributed by atoms with Crippen molar-refractivity contribution in [3.05, 3.63) is 39.7 Å². The van der Waals surface area contributed by atoms with E-state index in [9.17, 15) is 48.6 Å². The zero-order valence-electron chi connectivity index (χ0n) is 31.6. The van der Waals surface area contributed by atoms with Crippen LogP contribution in [0.5, 0.6) is 0 Å². The molecule has 5 N–H and O–H groups in total. The summed E-state index contributed by atoms with van der Waals surface area (Å²) in [6, 6.07) is 4.35. The Labute approximate surface area is 323 Å². The molecule has 1 aliphatic carbocycles. The third-order valence-corrected chi connectivity index (χ3v) is 9.46. The minimum Gasteiger partial charge on any atom is -0.480 e. The molecular weight excluding hydrogens is 738 g/mol. The van der Waals surface area contributed by atoms with E-state index in [1.807, 2.05) is 9.80 Å². The maximum absolute atomic E-state index is 13.8. The molecule has 3 rings (SSSR count). The van der Waals surface area contributed by atoms with Crippen LogP contribution in [0.2, 0.25) is 0 Å². The number of hydrogen-bond acceptors (Lipinski definition) is 15. The third kappa shape index (κ3) is 14.3. The minimum absolute atomic E-state index is 0.00508. The van der Waals surface area contributed by atoms with Crippen LogP contribution in [0.1, 0.15) is 43.7 Å². The van der Waals surface area contributed by atoms with Gasteiger partial charge < -0.3 is 40.0 Å². The first-order valence-corrected chi connectivity index (χ1v) is 18.1. The van der Waals surface area contributed by atoms with Crippen LogP contribution >= 0.6 is 0 Å². The van der Waals surface area contributed by atoms with Crippen LogP contribution in [-0.4, -0.2) is 163 Å². The summed E-state index contributed by atoms with van der Waals surface area (Å²) in [5, 5.41) is 25.2. The maximum atomic E-state index is 13.8. The van der Waals surface area contributed by atoms with Crippen LogP contribution in [0, 0.1) is 6.92 Å². The monoisotopic (exact) mass is 789 g/mol. The molecule has 1 saturated carbocycles. The highest BCUT2D eigenvalue weighted by Gasteiger charge is 2.36. The normalized spacial score (nSPS) is 15.5. The van der Waals surface area contributed by atoms with E-state index in [1.165, 1.54) is 9.80 Å². The third-order valence-electron chi connectivity index (χ3n) is 9.46. The number of nitrogens with one attached hydrogen (secondary N) is 3. The molecule has 0 radical (unpaired) electrons. The lowest BCUT2D eigenvalue weighted by molar-refractivity contribution is -0.144. The molecule has 2 aromatic rings. The lowest BCUT2D eigenvalue weighted by Gasteiger charge is -2.45. The highest BCUT2D eigenvalue weighted by atomic mass is 16.6. The second kappa shape index (κ2) is 23.5. The topological polar surface area (TPSA) is 258 Å².